The number of carbonyl (C=O) groups is 1. The van der Waals surface area contributed by atoms with Crippen molar-refractivity contribution < 1.29 is 9.21 Å². The minimum atomic E-state index is -0.364. The van der Waals surface area contributed by atoms with E-state index >= 15 is 0 Å². The van der Waals surface area contributed by atoms with E-state index in [2.05, 4.69) is 10.5 Å². The minimum absolute atomic E-state index is 0.360. The maximum Gasteiger partial charge on any atom is 0.271 e. The zero-order valence-electron chi connectivity index (χ0n) is 13.0. The van der Waals surface area contributed by atoms with Gasteiger partial charge in [-0.25, -0.2) is 5.43 Å². The number of furan rings is 1. The fourth-order valence-electron chi connectivity index (χ4n) is 2.10. The summed E-state index contributed by atoms with van der Waals surface area (Å²) in [6.07, 6.45) is 1.38. The molecule has 0 spiro atoms. The number of nitrogens with zero attached hydrogens (tertiary/aromatic N) is 1. The van der Waals surface area contributed by atoms with Crippen molar-refractivity contribution in [3.8, 4) is 11.3 Å². The van der Waals surface area contributed by atoms with E-state index in [9.17, 15) is 4.79 Å². The van der Waals surface area contributed by atoms with Crippen molar-refractivity contribution in [1.82, 2.24) is 5.43 Å². The second kappa shape index (κ2) is 8.14. The Kier molecular flexibility index (Phi) is 5.89. The molecule has 0 aliphatic heterocycles. The van der Waals surface area contributed by atoms with Crippen LogP contribution in [0.5, 0.6) is 0 Å². The zero-order chi connectivity index (χ0) is 18.7. The van der Waals surface area contributed by atoms with E-state index in [1.54, 1.807) is 48.5 Å². The van der Waals surface area contributed by atoms with Crippen molar-refractivity contribution in [1.29, 1.82) is 0 Å². The van der Waals surface area contributed by atoms with Crippen molar-refractivity contribution in [2.24, 2.45) is 5.10 Å². The molecular formula is C18H10Cl4N2O2. The van der Waals surface area contributed by atoms with E-state index in [0.717, 1.165) is 0 Å². The Hall–Kier alpha value is -1.98. The molecule has 0 radical (unpaired) electrons. The van der Waals surface area contributed by atoms with Gasteiger partial charge in [0.2, 0.25) is 0 Å². The summed E-state index contributed by atoms with van der Waals surface area (Å²) in [5, 5.41) is 5.56. The Morgan fingerprint density at radius 2 is 1.62 bits per heavy atom. The molecule has 0 aliphatic rings. The molecule has 132 valence electrons. The van der Waals surface area contributed by atoms with Crippen molar-refractivity contribution in [2.45, 2.75) is 0 Å². The van der Waals surface area contributed by atoms with Crippen molar-refractivity contribution in [2.75, 3.05) is 0 Å². The molecule has 0 saturated carbocycles. The van der Waals surface area contributed by atoms with Gasteiger partial charge in [0.25, 0.3) is 5.91 Å². The van der Waals surface area contributed by atoms with Crippen LogP contribution in [0, 0.1) is 0 Å². The quantitative estimate of drug-likeness (QED) is 0.300. The first kappa shape index (κ1) is 18.8. The molecule has 0 saturated heterocycles. The van der Waals surface area contributed by atoms with Crippen LogP contribution in [0.2, 0.25) is 20.1 Å². The number of rotatable bonds is 4. The Labute approximate surface area is 169 Å². The fraction of sp³-hybridized carbons (Fsp3) is 0. The summed E-state index contributed by atoms with van der Waals surface area (Å²) in [6.45, 7) is 0. The van der Waals surface area contributed by atoms with Crippen molar-refractivity contribution in [3.05, 3.63) is 79.9 Å². The van der Waals surface area contributed by atoms with Crippen LogP contribution in [0.15, 0.2) is 58.0 Å². The number of carbonyl (C=O) groups excluding carboxylic acids is 1. The molecule has 0 aliphatic carbocycles. The van der Waals surface area contributed by atoms with E-state index in [4.69, 9.17) is 50.8 Å². The number of hydrazone groups is 1. The number of nitrogens with one attached hydrogen (secondary N) is 1. The summed E-state index contributed by atoms with van der Waals surface area (Å²) in [6, 6.07) is 13.0. The second-order valence-electron chi connectivity index (χ2n) is 5.15. The van der Waals surface area contributed by atoms with Crippen LogP contribution in [0.25, 0.3) is 11.3 Å². The van der Waals surface area contributed by atoms with E-state index in [0.29, 0.717) is 42.7 Å². The largest absolute Gasteiger partial charge is 0.455 e. The first-order valence-electron chi connectivity index (χ1n) is 7.28. The SMILES string of the molecule is O=C(N/N=C/c1ccc(-c2cc(Cl)c(Cl)cc2Cl)o1)c1ccc(Cl)cc1. The molecule has 0 bridgehead atoms. The monoisotopic (exact) mass is 426 g/mol. The second-order valence-corrected chi connectivity index (χ2v) is 6.81. The highest BCUT2D eigenvalue weighted by atomic mass is 35.5. The van der Waals surface area contributed by atoms with Gasteiger partial charge in [0.15, 0.2) is 0 Å². The topological polar surface area (TPSA) is 54.6 Å². The lowest BCUT2D eigenvalue weighted by Crippen LogP contribution is -2.17. The van der Waals surface area contributed by atoms with Gasteiger partial charge < -0.3 is 4.42 Å². The van der Waals surface area contributed by atoms with Gasteiger partial charge in [-0.05, 0) is 48.5 Å². The molecule has 1 N–H and O–H groups in total. The van der Waals surface area contributed by atoms with Gasteiger partial charge in [-0.15, -0.1) is 0 Å². The highest BCUT2D eigenvalue weighted by molar-refractivity contribution is 6.44. The highest BCUT2D eigenvalue weighted by Crippen LogP contribution is 2.35. The van der Waals surface area contributed by atoms with E-state index in [-0.39, 0.29) is 5.91 Å². The van der Waals surface area contributed by atoms with Gasteiger partial charge in [0, 0.05) is 16.1 Å². The summed E-state index contributed by atoms with van der Waals surface area (Å²) in [4.78, 5) is 11.9. The van der Waals surface area contributed by atoms with E-state index < -0.39 is 0 Å². The lowest BCUT2D eigenvalue weighted by atomic mass is 10.2. The van der Waals surface area contributed by atoms with Crippen molar-refractivity contribution in [3.63, 3.8) is 0 Å². The van der Waals surface area contributed by atoms with Crippen molar-refractivity contribution >= 4 is 58.5 Å². The summed E-state index contributed by atoms with van der Waals surface area (Å²) in [5.74, 6) is 0.565. The predicted molar refractivity (Wildman–Crippen MR) is 106 cm³/mol. The van der Waals surface area contributed by atoms with E-state index in [1.807, 2.05) is 0 Å². The number of halogens is 4. The van der Waals surface area contributed by atoms with Crippen LogP contribution < -0.4 is 5.43 Å². The Morgan fingerprint density at radius 3 is 2.35 bits per heavy atom. The number of amides is 1. The highest BCUT2D eigenvalue weighted by Gasteiger charge is 2.11. The number of hydrogen-bond donors (Lipinski definition) is 1. The molecule has 1 amide bonds. The first-order chi connectivity index (χ1) is 12.4. The molecule has 0 fully saturated rings. The summed E-state index contributed by atoms with van der Waals surface area (Å²) in [5.41, 5.74) is 3.45. The van der Waals surface area contributed by atoms with Crippen LogP contribution in [-0.4, -0.2) is 12.1 Å². The van der Waals surface area contributed by atoms with Crippen LogP contribution in [0.3, 0.4) is 0 Å². The number of benzene rings is 2. The molecule has 3 rings (SSSR count). The van der Waals surface area contributed by atoms with Crippen LogP contribution in [-0.2, 0) is 0 Å². The predicted octanol–water partition coefficient (Wildman–Crippen LogP) is 6.32. The molecule has 8 heteroatoms. The molecular weight excluding hydrogens is 418 g/mol. The lowest BCUT2D eigenvalue weighted by molar-refractivity contribution is 0.0955. The number of hydrogen-bond acceptors (Lipinski definition) is 3. The smallest absolute Gasteiger partial charge is 0.271 e. The molecule has 3 aromatic rings. The molecule has 4 nitrogen and oxygen atoms in total. The summed E-state index contributed by atoms with van der Waals surface area (Å²) in [7, 11) is 0. The maximum atomic E-state index is 11.9. The van der Waals surface area contributed by atoms with Gasteiger partial charge in [-0.2, -0.15) is 5.10 Å². The summed E-state index contributed by atoms with van der Waals surface area (Å²) < 4.78 is 5.64. The standard InChI is InChI=1S/C18H10Cl4N2O2/c19-11-3-1-10(2-4-11)18(25)24-23-9-12-5-6-17(26-12)13-7-15(21)16(22)8-14(13)20/h1-9H,(H,24,25)/b23-9+. The average molecular weight is 428 g/mol. The molecule has 2 aromatic carbocycles. The van der Waals surface area contributed by atoms with Gasteiger partial charge in [0.1, 0.15) is 11.5 Å². The van der Waals surface area contributed by atoms with Crippen LogP contribution in [0.1, 0.15) is 16.1 Å². The Morgan fingerprint density at radius 1 is 0.923 bits per heavy atom. The summed E-state index contributed by atoms with van der Waals surface area (Å²) >= 11 is 23.9. The van der Waals surface area contributed by atoms with Gasteiger partial charge >= 0.3 is 0 Å². The third kappa shape index (κ3) is 4.40. The normalized spacial score (nSPS) is 11.1. The van der Waals surface area contributed by atoms with E-state index in [1.165, 1.54) is 6.21 Å². The van der Waals surface area contributed by atoms with Gasteiger partial charge in [0.05, 0.1) is 21.3 Å². The Bertz CT molecular complexity index is 981. The van der Waals surface area contributed by atoms with Gasteiger partial charge in [-0.1, -0.05) is 46.4 Å². The third-order valence-corrected chi connectivity index (χ3v) is 4.65. The Balaban J connectivity index is 1.70. The molecule has 26 heavy (non-hydrogen) atoms. The fourth-order valence-corrected chi connectivity index (χ4v) is 2.86. The molecule has 0 unspecified atom stereocenters. The zero-order valence-corrected chi connectivity index (χ0v) is 16.0. The molecule has 1 aromatic heterocycles. The minimum Gasteiger partial charge on any atom is -0.455 e. The van der Waals surface area contributed by atoms with Crippen LogP contribution in [0.4, 0.5) is 0 Å². The van der Waals surface area contributed by atoms with Crippen LogP contribution >= 0.6 is 46.4 Å². The first-order valence-corrected chi connectivity index (χ1v) is 8.79. The molecule has 1 heterocycles. The van der Waals surface area contributed by atoms with Gasteiger partial charge in [-0.3, -0.25) is 4.79 Å². The lowest BCUT2D eigenvalue weighted by Gasteiger charge is -2.03. The third-order valence-electron chi connectivity index (χ3n) is 3.37. The maximum absolute atomic E-state index is 11.9. The average Bonchev–Trinajstić information content (AvgIpc) is 3.07. The molecule has 0 atom stereocenters.